The van der Waals surface area contributed by atoms with E-state index in [2.05, 4.69) is 216 Å². The molecule has 0 aliphatic rings. The van der Waals surface area contributed by atoms with Crippen molar-refractivity contribution in [2.75, 3.05) is 4.90 Å². The number of anilines is 3. The van der Waals surface area contributed by atoms with Crippen LogP contribution >= 0.6 is 0 Å². The van der Waals surface area contributed by atoms with Gasteiger partial charge in [0.05, 0.1) is 38.8 Å². The molecule has 0 radical (unpaired) electrons. The molecule has 0 fully saturated rings. The second-order valence-electron chi connectivity index (χ2n) is 20.6. The predicted molar refractivity (Wildman–Crippen MR) is 262 cm³/mol. The Labute approximate surface area is 356 Å². The Morgan fingerprint density at radius 3 is 1.62 bits per heavy atom. The van der Waals surface area contributed by atoms with E-state index >= 15 is 0 Å². The van der Waals surface area contributed by atoms with Crippen molar-refractivity contribution < 1.29 is 0 Å². The van der Waals surface area contributed by atoms with E-state index in [4.69, 9.17) is 4.98 Å². The van der Waals surface area contributed by atoms with Crippen LogP contribution in [0.5, 0.6) is 0 Å². The summed E-state index contributed by atoms with van der Waals surface area (Å²) in [7, 11) is 0. The highest BCUT2D eigenvalue weighted by Gasteiger charge is 2.30. The molecule has 0 saturated carbocycles. The van der Waals surface area contributed by atoms with E-state index in [9.17, 15) is 0 Å². The Balaban J connectivity index is 1.32. The Bertz CT molecular complexity index is 3690. The third-order valence-corrected chi connectivity index (χ3v) is 13.5. The Morgan fingerprint density at radius 1 is 0.410 bits per heavy atom. The van der Waals surface area contributed by atoms with Gasteiger partial charge >= 0.3 is 0 Å². The first-order chi connectivity index (χ1) is 29.2. The number of fused-ring (bicyclic) bond motifs is 14. The second-order valence-corrected chi connectivity index (χ2v) is 20.6. The summed E-state index contributed by atoms with van der Waals surface area (Å²) in [5.41, 5.74) is 15.3. The minimum Gasteiger partial charge on any atom is -0.308 e. The molecule has 0 unspecified atom stereocenters. The maximum Gasteiger partial charge on any atom is 0.146 e. The molecule has 5 aromatic heterocycles. The van der Waals surface area contributed by atoms with Crippen molar-refractivity contribution in [3.8, 4) is 0 Å². The number of para-hydroxylation sites is 2. The molecular weight excluding hydrogens is 741 g/mol. The number of pyridine rings is 1. The molecule has 0 aliphatic heterocycles. The van der Waals surface area contributed by atoms with Gasteiger partial charge in [-0.05, 0) is 117 Å². The zero-order valence-corrected chi connectivity index (χ0v) is 36.6. The van der Waals surface area contributed by atoms with Gasteiger partial charge in [-0.1, -0.05) is 129 Å². The van der Waals surface area contributed by atoms with Crippen molar-refractivity contribution >= 4 is 104 Å². The van der Waals surface area contributed by atoms with Crippen molar-refractivity contribution in [3.63, 3.8) is 0 Å². The van der Waals surface area contributed by atoms with Gasteiger partial charge in [0, 0.05) is 49.1 Å². The van der Waals surface area contributed by atoms with Crippen molar-refractivity contribution in [2.45, 2.75) is 78.6 Å². The first kappa shape index (κ1) is 36.2. The molecule has 12 rings (SSSR count). The van der Waals surface area contributed by atoms with E-state index in [1.807, 2.05) is 0 Å². The predicted octanol–water partition coefficient (Wildman–Crippen LogP) is 15.9. The fraction of sp³-hybridized carbons (Fsp3) is 0.211. The smallest absolute Gasteiger partial charge is 0.146 e. The second kappa shape index (κ2) is 12.0. The lowest BCUT2D eigenvalue weighted by molar-refractivity contribution is 0.591. The fourth-order valence-corrected chi connectivity index (χ4v) is 10.3. The van der Waals surface area contributed by atoms with Gasteiger partial charge in [-0.15, -0.1) is 0 Å². The van der Waals surface area contributed by atoms with Crippen molar-refractivity contribution in [3.05, 3.63) is 156 Å². The summed E-state index contributed by atoms with van der Waals surface area (Å²) in [6.45, 7) is 20.9. The lowest BCUT2D eigenvalue weighted by Crippen LogP contribution is -2.15. The Hall–Kier alpha value is -6.65. The Morgan fingerprint density at radius 2 is 0.967 bits per heavy atom. The average molecular weight is 791 g/mol. The van der Waals surface area contributed by atoms with Crippen LogP contribution in [0, 0.1) is 0 Å². The van der Waals surface area contributed by atoms with Gasteiger partial charge in [-0.2, -0.15) is 0 Å². The van der Waals surface area contributed by atoms with Crippen LogP contribution in [0.15, 0.2) is 140 Å². The normalized spacial score (nSPS) is 13.3. The topological polar surface area (TPSA) is 24.9 Å². The van der Waals surface area contributed by atoms with E-state index in [1.165, 1.54) is 87.2 Å². The summed E-state index contributed by atoms with van der Waals surface area (Å²) in [4.78, 5) is 8.35. The van der Waals surface area contributed by atoms with Crippen LogP contribution < -0.4 is 4.90 Å². The molecule has 298 valence electrons. The molecule has 12 aromatic rings. The monoisotopic (exact) mass is 790 g/mol. The first-order valence-corrected chi connectivity index (χ1v) is 21.8. The lowest BCUT2D eigenvalue weighted by Gasteiger charge is -2.29. The molecule has 61 heavy (non-hydrogen) atoms. The highest BCUT2D eigenvalue weighted by molar-refractivity contribution is 6.33. The molecule has 0 bridgehead atoms. The van der Waals surface area contributed by atoms with Crippen LogP contribution in [0.4, 0.5) is 17.1 Å². The molecule has 4 heteroatoms. The van der Waals surface area contributed by atoms with Gasteiger partial charge < -0.3 is 9.30 Å². The quantitative estimate of drug-likeness (QED) is 0.178. The molecule has 0 spiro atoms. The average Bonchev–Trinajstić information content (AvgIpc) is 3.95. The molecule has 0 amide bonds. The van der Waals surface area contributed by atoms with Gasteiger partial charge in [0.1, 0.15) is 5.65 Å². The van der Waals surface area contributed by atoms with Gasteiger partial charge in [0.15, 0.2) is 0 Å². The number of hydrogen-bond acceptors (Lipinski definition) is 2. The highest BCUT2D eigenvalue weighted by Crippen LogP contribution is 2.50. The van der Waals surface area contributed by atoms with E-state index in [-0.39, 0.29) is 16.2 Å². The number of aromatic nitrogens is 3. The number of hydrogen-bond donors (Lipinski definition) is 0. The van der Waals surface area contributed by atoms with Crippen molar-refractivity contribution in [2.24, 2.45) is 0 Å². The van der Waals surface area contributed by atoms with Gasteiger partial charge in [0.2, 0.25) is 0 Å². The number of nitrogens with zero attached hydrogens (tertiary/aromatic N) is 4. The SMILES string of the molecule is CC(C)(C)c1ccc2c(c1)c1cc3ccccc3c3c4cc5c(nc4n2c13)c1cc(C(C)(C)C)cc2c3cc(C(C)(C)C)cc(N(c4ccccc4)c4ccccc4)c3n5c21. The van der Waals surface area contributed by atoms with E-state index in [0.717, 1.165) is 33.7 Å². The Kier molecular flexibility index (Phi) is 7.13. The minimum atomic E-state index is -0.0884. The number of rotatable bonds is 3. The van der Waals surface area contributed by atoms with Gasteiger partial charge in [-0.3, -0.25) is 4.40 Å². The largest absolute Gasteiger partial charge is 0.308 e. The molecule has 0 atom stereocenters. The standard InChI is InChI=1S/C57H50N4/c1-55(2,3)34-24-25-46-40(27-34)41-26-33-18-16-17-23-39(33)49-44-32-47-50(58-54(44)61(46)53(41)49)45-30-35(56(4,5)6)28-42-43-29-36(57(7,8)9)31-48(52(43)60(47)51(42)45)59(37-19-12-10-13-20-37)38-21-14-11-15-22-38/h10-32H,1-9H3. The maximum atomic E-state index is 5.89. The summed E-state index contributed by atoms with van der Waals surface area (Å²) in [6, 6.07) is 52.5. The molecule has 0 aliphatic carbocycles. The van der Waals surface area contributed by atoms with Gasteiger partial charge in [0.25, 0.3) is 0 Å². The van der Waals surface area contributed by atoms with Crippen molar-refractivity contribution in [1.82, 2.24) is 13.8 Å². The summed E-state index contributed by atoms with van der Waals surface area (Å²) < 4.78 is 5.04. The molecule has 0 saturated heterocycles. The lowest BCUT2D eigenvalue weighted by atomic mass is 9.84. The molecule has 5 heterocycles. The van der Waals surface area contributed by atoms with E-state index in [1.54, 1.807) is 0 Å². The first-order valence-electron chi connectivity index (χ1n) is 21.8. The van der Waals surface area contributed by atoms with Crippen LogP contribution in [-0.2, 0) is 16.2 Å². The van der Waals surface area contributed by atoms with Gasteiger partial charge in [-0.25, -0.2) is 4.98 Å². The summed E-state index contributed by atoms with van der Waals surface area (Å²) >= 11 is 0. The molecule has 4 nitrogen and oxygen atoms in total. The molecule has 7 aromatic carbocycles. The minimum absolute atomic E-state index is 0.0339. The maximum absolute atomic E-state index is 5.89. The summed E-state index contributed by atoms with van der Waals surface area (Å²) in [5, 5.41) is 11.3. The van der Waals surface area contributed by atoms with E-state index in [0.29, 0.717) is 0 Å². The third kappa shape index (κ3) is 5.02. The van der Waals surface area contributed by atoms with Crippen LogP contribution in [0.2, 0.25) is 0 Å². The number of benzene rings is 7. The van der Waals surface area contributed by atoms with Crippen LogP contribution in [-0.4, -0.2) is 13.8 Å². The van der Waals surface area contributed by atoms with Crippen molar-refractivity contribution in [1.29, 1.82) is 0 Å². The van der Waals surface area contributed by atoms with Crippen LogP contribution in [0.3, 0.4) is 0 Å². The van der Waals surface area contributed by atoms with Crippen LogP contribution in [0.25, 0.3) is 87.2 Å². The zero-order valence-electron chi connectivity index (χ0n) is 36.6. The summed E-state index contributed by atoms with van der Waals surface area (Å²) in [6.07, 6.45) is 0. The van der Waals surface area contributed by atoms with E-state index < -0.39 is 0 Å². The highest BCUT2D eigenvalue weighted by atomic mass is 15.2. The molecular formula is C57H50N4. The molecule has 0 N–H and O–H groups in total. The zero-order chi connectivity index (χ0) is 41.9. The third-order valence-electron chi connectivity index (χ3n) is 13.5. The summed E-state index contributed by atoms with van der Waals surface area (Å²) in [5.74, 6) is 0. The fourth-order valence-electron chi connectivity index (χ4n) is 10.3. The van der Waals surface area contributed by atoms with Crippen LogP contribution in [0.1, 0.15) is 79.0 Å².